The minimum Gasteiger partial charge on any atom is -0.462 e. The first-order valence-corrected chi connectivity index (χ1v) is 9.54. The lowest BCUT2D eigenvalue weighted by Gasteiger charge is -2.21. The monoisotopic (exact) mass is 398 g/mol. The van der Waals surface area contributed by atoms with Crippen LogP contribution in [-0.4, -0.2) is 36.2 Å². The first-order chi connectivity index (χ1) is 13.9. The smallest absolute Gasteiger partial charge is 0.331 e. The Morgan fingerprint density at radius 2 is 1.90 bits per heavy atom. The van der Waals surface area contributed by atoms with Crippen molar-refractivity contribution in [1.82, 2.24) is 0 Å². The van der Waals surface area contributed by atoms with E-state index >= 15 is 0 Å². The first kappa shape index (κ1) is 22.1. The highest BCUT2D eigenvalue weighted by Crippen LogP contribution is 2.16. The Kier molecular flexibility index (Phi) is 8.89. The Balaban J connectivity index is 2.02. The molecule has 29 heavy (non-hydrogen) atoms. The molecule has 1 unspecified atom stereocenters. The van der Waals surface area contributed by atoms with E-state index in [1.165, 1.54) is 19.9 Å². The van der Waals surface area contributed by atoms with Crippen LogP contribution < -0.4 is 0 Å². The van der Waals surface area contributed by atoms with E-state index in [2.05, 4.69) is 0 Å². The lowest BCUT2D eigenvalue weighted by atomic mass is 10.1. The van der Waals surface area contributed by atoms with Crippen LogP contribution in [0.2, 0.25) is 0 Å². The minimum atomic E-state index is -0.541. The van der Waals surface area contributed by atoms with Crippen LogP contribution in [0.25, 0.3) is 6.08 Å². The number of hydrogen-bond donors (Lipinski definition) is 0. The summed E-state index contributed by atoms with van der Waals surface area (Å²) in [5, 5.41) is 0. The zero-order valence-electron chi connectivity index (χ0n) is 16.7. The van der Waals surface area contributed by atoms with E-state index in [-0.39, 0.29) is 12.1 Å². The molecule has 6 heteroatoms. The number of hydrogen-bond acceptors (Lipinski definition) is 6. The van der Waals surface area contributed by atoms with Crippen LogP contribution in [0.5, 0.6) is 0 Å². The quantitative estimate of drug-likeness (QED) is 0.358. The van der Waals surface area contributed by atoms with Gasteiger partial charge < -0.3 is 14.2 Å². The molecule has 2 rings (SSSR count). The summed E-state index contributed by atoms with van der Waals surface area (Å²) in [6, 6.07) is 9.63. The molecule has 6 nitrogen and oxygen atoms in total. The largest absolute Gasteiger partial charge is 0.462 e. The highest BCUT2D eigenvalue weighted by atomic mass is 16.6. The van der Waals surface area contributed by atoms with E-state index in [9.17, 15) is 14.4 Å². The van der Waals surface area contributed by atoms with E-state index in [0.29, 0.717) is 19.3 Å². The Morgan fingerprint density at radius 1 is 1.17 bits per heavy atom. The van der Waals surface area contributed by atoms with Gasteiger partial charge >= 0.3 is 17.9 Å². The molecule has 1 heterocycles. The van der Waals surface area contributed by atoms with Gasteiger partial charge in [0.1, 0.15) is 18.3 Å². The topological polar surface area (TPSA) is 78.9 Å². The summed E-state index contributed by atoms with van der Waals surface area (Å²) in [5.41, 5.74) is 0.973. The van der Waals surface area contributed by atoms with Crippen LogP contribution in [0, 0.1) is 0 Å². The van der Waals surface area contributed by atoms with Gasteiger partial charge in [-0.1, -0.05) is 48.6 Å². The van der Waals surface area contributed by atoms with Gasteiger partial charge in [-0.25, -0.2) is 4.79 Å². The predicted octanol–water partition coefficient (Wildman–Crippen LogP) is 3.77. The Bertz CT molecular complexity index is 778. The number of carbonyl (C=O) groups is 3. The summed E-state index contributed by atoms with van der Waals surface area (Å²) in [4.78, 5) is 34.3. The van der Waals surface area contributed by atoms with E-state index in [4.69, 9.17) is 14.2 Å². The van der Waals surface area contributed by atoms with Crippen molar-refractivity contribution in [2.24, 2.45) is 0 Å². The zero-order valence-corrected chi connectivity index (χ0v) is 16.7. The van der Waals surface area contributed by atoms with Gasteiger partial charge in [-0.2, -0.15) is 0 Å². The molecule has 1 aliphatic heterocycles. The molecule has 0 fully saturated rings. The zero-order chi connectivity index (χ0) is 21.1. The molecule has 0 bridgehead atoms. The second kappa shape index (κ2) is 11.6. The van der Waals surface area contributed by atoms with Crippen molar-refractivity contribution in [2.75, 3.05) is 0 Å². The molecule has 0 N–H and O–H groups in total. The average Bonchev–Trinajstić information content (AvgIpc) is 2.66. The van der Waals surface area contributed by atoms with Gasteiger partial charge in [0.25, 0.3) is 0 Å². The third-order valence-corrected chi connectivity index (χ3v) is 4.09. The SMILES string of the molecule is CC(=O)OC(/C=C/c1ccccc1)C[C@H](C/C=C/[C@H]1CC=CC(=O)O1)OC(C)=O. The van der Waals surface area contributed by atoms with Crippen LogP contribution in [0.15, 0.2) is 60.7 Å². The van der Waals surface area contributed by atoms with E-state index in [1.807, 2.05) is 42.5 Å². The molecule has 3 atom stereocenters. The lowest BCUT2D eigenvalue weighted by molar-refractivity contribution is -0.150. The Morgan fingerprint density at radius 3 is 2.55 bits per heavy atom. The molecule has 0 aliphatic carbocycles. The number of benzene rings is 1. The molecule has 0 spiro atoms. The molecule has 0 saturated carbocycles. The second-order valence-corrected chi connectivity index (χ2v) is 6.66. The van der Waals surface area contributed by atoms with E-state index < -0.39 is 24.1 Å². The van der Waals surface area contributed by atoms with Crippen molar-refractivity contribution >= 4 is 24.0 Å². The maximum Gasteiger partial charge on any atom is 0.331 e. The van der Waals surface area contributed by atoms with Crippen LogP contribution >= 0.6 is 0 Å². The van der Waals surface area contributed by atoms with Gasteiger partial charge in [0, 0.05) is 39.2 Å². The number of carbonyl (C=O) groups excluding carboxylic acids is 3. The fraction of sp³-hybridized carbons (Fsp3) is 0.348. The summed E-state index contributed by atoms with van der Waals surface area (Å²) in [5.74, 6) is -1.20. The normalized spacial score (nSPS) is 18.4. The summed E-state index contributed by atoms with van der Waals surface area (Å²) < 4.78 is 15.9. The third kappa shape index (κ3) is 9.06. The number of ether oxygens (including phenoxy) is 3. The van der Waals surface area contributed by atoms with Crippen LogP contribution in [-0.2, 0) is 28.6 Å². The van der Waals surface area contributed by atoms with Crippen molar-refractivity contribution < 1.29 is 28.6 Å². The summed E-state index contributed by atoms with van der Waals surface area (Å²) in [7, 11) is 0. The van der Waals surface area contributed by atoms with Crippen molar-refractivity contribution in [3.63, 3.8) is 0 Å². The van der Waals surface area contributed by atoms with Gasteiger partial charge in [-0.05, 0) is 17.7 Å². The second-order valence-electron chi connectivity index (χ2n) is 6.66. The van der Waals surface area contributed by atoms with Crippen molar-refractivity contribution in [3.05, 3.63) is 66.3 Å². The molecule has 1 aliphatic rings. The predicted molar refractivity (Wildman–Crippen MR) is 109 cm³/mol. The number of cyclic esters (lactones) is 1. The van der Waals surface area contributed by atoms with Gasteiger partial charge in [0.15, 0.2) is 0 Å². The third-order valence-electron chi connectivity index (χ3n) is 4.09. The standard InChI is InChI=1S/C23H26O6/c1-17(24)27-21(12-6-10-20-11-7-13-23(26)29-20)16-22(28-18(2)25)15-14-19-8-4-3-5-9-19/h3-10,13-15,20-22H,11-12,16H2,1-2H3/b10-6+,15-14+/t20-,21-,22?/m0/s1. The number of esters is 3. The Labute approximate surface area is 170 Å². The van der Waals surface area contributed by atoms with Crippen LogP contribution in [0.3, 0.4) is 0 Å². The van der Waals surface area contributed by atoms with Gasteiger partial charge in [-0.3, -0.25) is 9.59 Å². The summed E-state index contributed by atoms with van der Waals surface area (Å²) in [6.45, 7) is 2.68. The van der Waals surface area contributed by atoms with Crippen molar-refractivity contribution in [3.8, 4) is 0 Å². The maximum atomic E-state index is 11.5. The molecule has 0 saturated heterocycles. The highest BCUT2D eigenvalue weighted by molar-refractivity contribution is 5.82. The Hall–Kier alpha value is -3.15. The van der Waals surface area contributed by atoms with Crippen molar-refractivity contribution in [2.45, 2.75) is 51.4 Å². The van der Waals surface area contributed by atoms with Crippen LogP contribution in [0.1, 0.15) is 38.7 Å². The minimum absolute atomic E-state index is 0.317. The highest BCUT2D eigenvalue weighted by Gasteiger charge is 2.19. The van der Waals surface area contributed by atoms with Gasteiger partial charge in [-0.15, -0.1) is 0 Å². The fourth-order valence-electron chi connectivity index (χ4n) is 2.88. The lowest BCUT2D eigenvalue weighted by Crippen LogP contribution is -2.25. The first-order valence-electron chi connectivity index (χ1n) is 9.54. The van der Waals surface area contributed by atoms with E-state index in [1.54, 1.807) is 18.2 Å². The average molecular weight is 398 g/mol. The van der Waals surface area contributed by atoms with Crippen LogP contribution in [0.4, 0.5) is 0 Å². The molecule has 154 valence electrons. The molecule has 0 aromatic heterocycles. The van der Waals surface area contributed by atoms with Gasteiger partial charge in [0.05, 0.1) is 0 Å². The maximum absolute atomic E-state index is 11.5. The molecule has 1 aromatic carbocycles. The molecular weight excluding hydrogens is 372 g/mol. The van der Waals surface area contributed by atoms with Crippen molar-refractivity contribution in [1.29, 1.82) is 0 Å². The summed E-state index contributed by atoms with van der Waals surface area (Å²) in [6.07, 6.45) is 10.4. The molecule has 0 amide bonds. The van der Waals surface area contributed by atoms with Gasteiger partial charge in [0.2, 0.25) is 0 Å². The molecular formula is C23H26O6. The molecule has 0 radical (unpaired) electrons. The number of rotatable bonds is 9. The fourth-order valence-corrected chi connectivity index (χ4v) is 2.88. The van der Waals surface area contributed by atoms with E-state index in [0.717, 1.165) is 5.56 Å². The summed E-state index contributed by atoms with van der Waals surface area (Å²) >= 11 is 0. The molecule has 1 aromatic rings.